The molecule has 2 nitrogen and oxygen atoms in total. The standard InChI is InChI=1S/C22H22NOP/c24-19-11-10-18-23-25(20-12-4-1-5-13-20,21-14-6-2-7-15-21)22-16-8-3-9-17-22/h1-9,12-17,19H,10-11,18H2. The molecule has 0 aliphatic heterocycles. The summed E-state index contributed by atoms with van der Waals surface area (Å²) in [6.07, 6.45) is 2.32. The molecule has 0 aliphatic carbocycles. The van der Waals surface area contributed by atoms with E-state index < -0.39 is 7.05 Å². The van der Waals surface area contributed by atoms with Crippen molar-refractivity contribution in [2.24, 2.45) is 4.74 Å². The molecule has 0 atom stereocenters. The molecule has 126 valence electrons. The van der Waals surface area contributed by atoms with E-state index in [0.717, 1.165) is 12.7 Å². The van der Waals surface area contributed by atoms with Gasteiger partial charge in [-0.15, -0.1) is 0 Å². The van der Waals surface area contributed by atoms with Crippen LogP contribution < -0.4 is 15.9 Å². The van der Waals surface area contributed by atoms with Crippen LogP contribution in [-0.2, 0) is 4.79 Å². The minimum Gasteiger partial charge on any atom is -0.303 e. The first-order valence-corrected chi connectivity index (χ1v) is 10.3. The minimum absolute atomic E-state index is 0.557. The first kappa shape index (κ1) is 17.4. The zero-order chi connectivity index (χ0) is 17.4. The van der Waals surface area contributed by atoms with Gasteiger partial charge in [0.1, 0.15) is 6.29 Å². The quantitative estimate of drug-likeness (QED) is 0.359. The van der Waals surface area contributed by atoms with E-state index >= 15 is 0 Å². The number of benzene rings is 3. The molecule has 0 saturated heterocycles. The lowest BCUT2D eigenvalue weighted by Gasteiger charge is -2.27. The van der Waals surface area contributed by atoms with Gasteiger partial charge in [-0.05, 0) is 6.42 Å². The van der Waals surface area contributed by atoms with Crippen molar-refractivity contribution >= 4 is 29.3 Å². The molecule has 0 heterocycles. The van der Waals surface area contributed by atoms with Crippen molar-refractivity contribution in [1.82, 2.24) is 0 Å². The fourth-order valence-corrected chi connectivity index (χ4v) is 6.66. The molecule has 3 heteroatoms. The second-order valence-corrected chi connectivity index (χ2v) is 8.92. The van der Waals surface area contributed by atoms with Gasteiger partial charge in [0.2, 0.25) is 0 Å². The molecular weight excluding hydrogens is 325 g/mol. The molecule has 0 amide bonds. The number of carbonyl (C=O) groups is 1. The topological polar surface area (TPSA) is 29.4 Å². The molecule has 0 saturated carbocycles. The number of hydrogen-bond acceptors (Lipinski definition) is 2. The van der Waals surface area contributed by atoms with Crippen molar-refractivity contribution in [3.63, 3.8) is 0 Å². The van der Waals surface area contributed by atoms with Crippen molar-refractivity contribution in [2.75, 3.05) is 6.54 Å². The lowest BCUT2D eigenvalue weighted by atomic mass is 10.3. The van der Waals surface area contributed by atoms with E-state index in [0.29, 0.717) is 13.0 Å². The maximum absolute atomic E-state index is 10.7. The van der Waals surface area contributed by atoms with Crippen molar-refractivity contribution in [2.45, 2.75) is 12.8 Å². The molecule has 0 radical (unpaired) electrons. The third-order valence-electron chi connectivity index (χ3n) is 4.18. The van der Waals surface area contributed by atoms with Gasteiger partial charge < -0.3 is 4.79 Å². The molecule has 0 aliphatic rings. The summed E-state index contributed by atoms with van der Waals surface area (Å²) in [5.74, 6) is 0. The summed E-state index contributed by atoms with van der Waals surface area (Å²) in [6, 6.07) is 31.7. The van der Waals surface area contributed by atoms with Crippen LogP contribution in [0.4, 0.5) is 0 Å². The molecular formula is C22H22NOP. The maximum Gasteiger partial charge on any atom is 0.120 e. The Morgan fingerprint density at radius 2 is 1.08 bits per heavy atom. The van der Waals surface area contributed by atoms with E-state index in [-0.39, 0.29) is 0 Å². The minimum atomic E-state index is -2.08. The van der Waals surface area contributed by atoms with Gasteiger partial charge in [-0.1, -0.05) is 91.0 Å². The molecule has 25 heavy (non-hydrogen) atoms. The molecule has 0 N–H and O–H groups in total. The zero-order valence-corrected chi connectivity index (χ0v) is 15.1. The first-order valence-electron chi connectivity index (χ1n) is 8.56. The number of carbonyl (C=O) groups excluding carboxylic acids is 1. The molecule has 3 aromatic rings. The van der Waals surface area contributed by atoms with Gasteiger partial charge in [0.05, 0.1) is 7.05 Å². The summed E-state index contributed by atoms with van der Waals surface area (Å²) in [4.78, 5) is 10.7. The second-order valence-electron chi connectivity index (χ2n) is 5.82. The van der Waals surface area contributed by atoms with Gasteiger partial charge in [-0.2, -0.15) is 0 Å². The SMILES string of the molecule is O=CCCCN=P(c1ccccc1)(c1ccccc1)c1ccccc1. The highest BCUT2D eigenvalue weighted by Crippen LogP contribution is 2.46. The van der Waals surface area contributed by atoms with E-state index in [1.165, 1.54) is 15.9 Å². The monoisotopic (exact) mass is 347 g/mol. The van der Waals surface area contributed by atoms with E-state index in [2.05, 4.69) is 72.8 Å². The van der Waals surface area contributed by atoms with Crippen molar-refractivity contribution in [3.05, 3.63) is 91.0 Å². The van der Waals surface area contributed by atoms with Crippen LogP contribution in [0.1, 0.15) is 12.8 Å². The Balaban J connectivity index is 2.26. The normalized spacial score (nSPS) is 11.0. The fraction of sp³-hybridized carbons (Fsp3) is 0.136. The maximum atomic E-state index is 10.7. The molecule has 0 fully saturated rings. The Labute approximate surface area is 149 Å². The lowest BCUT2D eigenvalue weighted by molar-refractivity contribution is -0.107. The van der Waals surface area contributed by atoms with Gasteiger partial charge in [0, 0.05) is 28.9 Å². The van der Waals surface area contributed by atoms with Gasteiger partial charge in [0.25, 0.3) is 0 Å². The highest BCUT2D eigenvalue weighted by molar-refractivity contribution is 7.87. The van der Waals surface area contributed by atoms with Crippen LogP contribution in [-0.4, -0.2) is 12.8 Å². The van der Waals surface area contributed by atoms with Gasteiger partial charge in [-0.3, -0.25) is 4.74 Å². The third kappa shape index (κ3) is 3.81. The molecule has 3 rings (SSSR count). The van der Waals surface area contributed by atoms with Crippen LogP contribution in [0.3, 0.4) is 0 Å². The summed E-state index contributed by atoms with van der Waals surface area (Å²) in [5.41, 5.74) is 0. The fourth-order valence-electron chi connectivity index (χ4n) is 3.02. The summed E-state index contributed by atoms with van der Waals surface area (Å²) in [6.45, 7) is 0.686. The van der Waals surface area contributed by atoms with Crippen LogP contribution >= 0.6 is 7.05 Å². The van der Waals surface area contributed by atoms with Crippen molar-refractivity contribution in [1.29, 1.82) is 0 Å². The molecule has 0 spiro atoms. The first-order chi connectivity index (χ1) is 12.4. The van der Waals surface area contributed by atoms with E-state index in [4.69, 9.17) is 4.74 Å². The summed E-state index contributed by atoms with van der Waals surface area (Å²) in [5, 5.41) is 3.75. The van der Waals surface area contributed by atoms with Crippen molar-refractivity contribution in [3.8, 4) is 0 Å². The van der Waals surface area contributed by atoms with Crippen LogP contribution in [0.25, 0.3) is 0 Å². The third-order valence-corrected chi connectivity index (χ3v) is 7.94. The van der Waals surface area contributed by atoms with E-state index in [9.17, 15) is 4.79 Å². The number of unbranched alkanes of at least 4 members (excludes halogenated alkanes) is 1. The van der Waals surface area contributed by atoms with E-state index in [1.54, 1.807) is 0 Å². The van der Waals surface area contributed by atoms with Crippen LogP contribution in [0, 0.1) is 0 Å². The second kappa shape index (κ2) is 8.60. The lowest BCUT2D eigenvalue weighted by Crippen LogP contribution is -2.25. The number of nitrogens with zero attached hydrogens (tertiary/aromatic N) is 1. The number of aldehydes is 1. The Hall–Kier alpha value is -2.44. The predicted octanol–water partition coefficient (Wildman–Crippen LogP) is 4.14. The number of hydrogen-bond donors (Lipinski definition) is 0. The summed E-state index contributed by atoms with van der Waals surface area (Å²) >= 11 is 0. The number of rotatable bonds is 7. The van der Waals surface area contributed by atoms with Gasteiger partial charge in [0.15, 0.2) is 0 Å². The zero-order valence-electron chi connectivity index (χ0n) is 14.2. The molecule has 0 bridgehead atoms. The highest BCUT2D eigenvalue weighted by atomic mass is 31.2. The van der Waals surface area contributed by atoms with Crippen molar-refractivity contribution < 1.29 is 4.79 Å². The average Bonchev–Trinajstić information content (AvgIpc) is 2.70. The highest BCUT2D eigenvalue weighted by Gasteiger charge is 2.26. The average molecular weight is 347 g/mol. The Morgan fingerprint density at radius 3 is 1.44 bits per heavy atom. The summed E-state index contributed by atoms with van der Waals surface area (Å²) in [7, 11) is -2.08. The molecule has 3 aromatic carbocycles. The molecule has 0 unspecified atom stereocenters. The van der Waals surface area contributed by atoms with Crippen LogP contribution in [0.5, 0.6) is 0 Å². The predicted molar refractivity (Wildman–Crippen MR) is 108 cm³/mol. The van der Waals surface area contributed by atoms with Gasteiger partial charge in [-0.25, -0.2) is 0 Å². The van der Waals surface area contributed by atoms with Crippen LogP contribution in [0.15, 0.2) is 95.7 Å². The molecule has 0 aromatic heterocycles. The Kier molecular flexibility index (Phi) is 5.98. The summed E-state index contributed by atoms with van der Waals surface area (Å²) < 4.78 is 5.26. The smallest absolute Gasteiger partial charge is 0.120 e. The Morgan fingerprint density at radius 1 is 0.680 bits per heavy atom. The van der Waals surface area contributed by atoms with Crippen LogP contribution in [0.2, 0.25) is 0 Å². The van der Waals surface area contributed by atoms with Gasteiger partial charge >= 0.3 is 0 Å². The Bertz CT molecular complexity index is 742. The largest absolute Gasteiger partial charge is 0.303 e. The van der Waals surface area contributed by atoms with E-state index in [1.807, 2.05) is 18.2 Å².